The summed E-state index contributed by atoms with van der Waals surface area (Å²) >= 11 is 0. The number of carbonyl (C=O) groups excluding carboxylic acids is 1. The second-order valence-electron chi connectivity index (χ2n) is 7.18. The third-order valence-corrected chi connectivity index (χ3v) is 5.40. The van der Waals surface area contributed by atoms with Gasteiger partial charge in [0.2, 0.25) is 0 Å². The Morgan fingerprint density at radius 1 is 0.667 bits per heavy atom. The zero-order valence-electron chi connectivity index (χ0n) is 19.1. The maximum atomic E-state index is 12.8. The van der Waals surface area contributed by atoms with Gasteiger partial charge in [0.05, 0.1) is 41.1 Å². The van der Waals surface area contributed by atoms with Gasteiger partial charge in [-0.2, -0.15) is 0 Å². The summed E-state index contributed by atoms with van der Waals surface area (Å²) in [6, 6.07) is 16.4. The Morgan fingerprint density at radius 3 is 1.79 bits per heavy atom. The van der Waals surface area contributed by atoms with Crippen molar-refractivity contribution in [3.63, 3.8) is 0 Å². The minimum Gasteiger partial charge on any atom is -0.497 e. The van der Waals surface area contributed by atoms with Gasteiger partial charge < -0.3 is 28.1 Å². The standard InChI is InChI=1S/C26H24O7/c1-28-17-8-6-15(7-9-17)25-23(16-10-18(29-2)12-19(11-16)30-3)24-21(26(27)32-5)13-20(31-4)14-22(24)33-25/h6-14H,1-5H3. The summed E-state index contributed by atoms with van der Waals surface area (Å²) in [6.45, 7) is 0. The molecule has 0 saturated carbocycles. The molecule has 1 aromatic heterocycles. The molecule has 4 rings (SSSR count). The highest BCUT2D eigenvalue weighted by Gasteiger charge is 2.25. The molecule has 0 atom stereocenters. The van der Waals surface area contributed by atoms with E-state index in [9.17, 15) is 4.79 Å². The molecule has 4 aromatic rings. The number of fused-ring (bicyclic) bond motifs is 1. The van der Waals surface area contributed by atoms with Crippen LogP contribution < -0.4 is 18.9 Å². The van der Waals surface area contributed by atoms with Crippen molar-refractivity contribution >= 4 is 16.9 Å². The van der Waals surface area contributed by atoms with E-state index >= 15 is 0 Å². The number of rotatable bonds is 7. The largest absolute Gasteiger partial charge is 0.497 e. The Hall–Kier alpha value is -4.13. The van der Waals surface area contributed by atoms with Crippen LogP contribution in [0.1, 0.15) is 10.4 Å². The van der Waals surface area contributed by atoms with E-state index < -0.39 is 5.97 Å². The summed E-state index contributed by atoms with van der Waals surface area (Å²) in [6.07, 6.45) is 0. The first kappa shape index (κ1) is 22.1. The van der Waals surface area contributed by atoms with Crippen LogP contribution in [0.3, 0.4) is 0 Å². The molecular weight excluding hydrogens is 424 g/mol. The lowest BCUT2D eigenvalue weighted by Crippen LogP contribution is -2.03. The Kier molecular flexibility index (Phi) is 6.13. The van der Waals surface area contributed by atoms with Gasteiger partial charge in [0.15, 0.2) is 0 Å². The number of carbonyl (C=O) groups is 1. The van der Waals surface area contributed by atoms with E-state index in [0.29, 0.717) is 45.1 Å². The van der Waals surface area contributed by atoms with Crippen molar-refractivity contribution in [2.24, 2.45) is 0 Å². The van der Waals surface area contributed by atoms with Crippen molar-refractivity contribution in [3.8, 4) is 45.4 Å². The van der Waals surface area contributed by atoms with Crippen molar-refractivity contribution in [3.05, 3.63) is 60.2 Å². The van der Waals surface area contributed by atoms with Gasteiger partial charge in [-0.15, -0.1) is 0 Å². The second-order valence-corrected chi connectivity index (χ2v) is 7.18. The average molecular weight is 448 g/mol. The van der Waals surface area contributed by atoms with E-state index in [4.69, 9.17) is 28.1 Å². The molecule has 0 aliphatic rings. The number of hydrogen-bond acceptors (Lipinski definition) is 7. The fourth-order valence-corrected chi connectivity index (χ4v) is 3.76. The fourth-order valence-electron chi connectivity index (χ4n) is 3.76. The van der Waals surface area contributed by atoms with E-state index in [1.54, 1.807) is 39.5 Å². The maximum absolute atomic E-state index is 12.8. The molecule has 1 heterocycles. The molecule has 3 aromatic carbocycles. The van der Waals surface area contributed by atoms with Crippen LogP contribution in [-0.2, 0) is 4.74 Å². The Balaban J connectivity index is 2.12. The molecule has 0 aliphatic carbocycles. The molecule has 0 N–H and O–H groups in total. The zero-order valence-corrected chi connectivity index (χ0v) is 19.1. The van der Waals surface area contributed by atoms with Crippen molar-refractivity contribution in [1.29, 1.82) is 0 Å². The molecule has 7 nitrogen and oxygen atoms in total. The van der Waals surface area contributed by atoms with Gasteiger partial charge in [0.25, 0.3) is 0 Å². The van der Waals surface area contributed by atoms with E-state index in [1.807, 2.05) is 36.4 Å². The summed E-state index contributed by atoms with van der Waals surface area (Å²) in [7, 11) is 7.65. The molecule has 0 fully saturated rings. The predicted molar refractivity (Wildman–Crippen MR) is 125 cm³/mol. The highest BCUT2D eigenvalue weighted by molar-refractivity contribution is 6.13. The van der Waals surface area contributed by atoms with E-state index in [2.05, 4.69) is 0 Å². The summed E-state index contributed by atoms with van der Waals surface area (Å²) in [5.74, 6) is 2.47. The van der Waals surface area contributed by atoms with E-state index in [-0.39, 0.29) is 0 Å². The quantitative estimate of drug-likeness (QED) is 0.341. The normalized spacial score (nSPS) is 10.7. The van der Waals surface area contributed by atoms with Gasteiger partial charge in [0, 0.05) is 28.6 Å². The van der Waals surface area contributed by atoms with Gasteiger partial charge in [-0.1, -0.05) is 0 Å². The van der Waals surface area contributed by atoms with Crippen LogP contribution in [0.5, 0.6) is 23.0 Å². The highest BCUT2D eigenvalue weighted by Crippen LogP contribution is 2.45. The van der Waals surface area contributed by atoms with Crippen molar-refractivity contribution in [2.75, 3.05) is 35.5 Å². The summed E-state index contributed by atoms with van der Waals surface area (Å²) < 4.78 is 33.0. The van der Waals surface area contributed by atoms with Crippen LogP contribution in [0, 0.1) is 0 Å². The van der Waals surface area contributed by atoms with Gasteiger partial charge in [-0.25, -0.2) is 4.79 Å². The SMILES string of the molecule is COC(=O)c1cc(OC)cc2oc(-c3ccc(OC)cc3)c(-c3cc(OC)cc(OC)c3)c12. The lowest BCUT2D eigenvalue weighted by atomic mass is 9.95. The molecule has 33 heavy (non-hydrogen) atoms. The minimum absolute atomic E-state index is 0.326. The number of ether oxygens (including phenoxy) is 5. The second kappa shape index (κ2) is 9.16. The number of furan rings is 1. The smallest absolute Gasteiger partial charge is 0.338 e. The van der Waals surface area contributed by atoms with Gasteiger partial charge in [-0.3, -0.25) is 0 Å². The number of esters is 1. The first-order valence-electron chi connectivity index (χ1n) is 10.1. The molecular formula is C26H24O7. The molecule has 7 heteroatoms. The van der Waals surface area contributed by atoms with Crippen molar-refractivity contribution < 1.29 is 32.9 Å². The van der Waals surface area contributed by atoms with E-state index in [1.165, 1.54) is 14.2 Å². The first-order valence-corrected chi connectivity index (χ1v) is 10.1. The van der Waals surface area contributed by atoms with Crippen LogP contribution in [0.4, 0.5) is 0 Å². The lowest BCUT2D eigenvalue weighted by Gasteiger charge is -2.11. The number of benzene rings is 3. The average Bonchev–Trinajstić information content (AvgIpc) is 3.26. The number of hydrogen-bond donors (Lipinski definition) is 0. The van der Waals surface area contributed by atoms with Crippen molar-refractivity contribution in [1.82, 2.24) is 0 Å². The third-order valence-electron chi connectivity index (χ3n) is 5.40. The van der Waals surface area contributed by atoms with Crippen LogP contribution in [0.2, 0.25) is 0 Å². The fraction of sp³-hybridized carbons (Fsp3) is 0.192. The molecule has 0 amide bonds. The Bertz CT molecular complexity index is 1280. The van der Waals surface area contributed by atoms with Crippen LogP contribution >= 0.6 is 0 Å². The summed E-state index contributed by atoms with van der Waals surface area (Å²) in [4.78, 5) is 12.8. The third kappa shape index (κ3) is 4.05. The zero-order chi connectivity index (χ0) is 23.5. The van der Waals surface area contributed by atoms with Gasteiger partial charge in [0.1, 0.15) is 34.3 Å². The predicted octanol–water partition coefficient (Wildman–Crippen LogP) is 5.59. The molecule has 0 bridgehead atoms. The molecule has 170 valence electrons. The van der Waals surface area contributed by atoms with Crippen LogP contribution in [0.15, 0.2) is 59.0 Å². The Morgan fingerprint density at radius 2 is 1.24 bits per heavy atom. The molecule has 0 spiro atoms. The van der Waals surface area contributed by atoms with Crippen LogP contribution in [0.25, 0.3) is 33.4 Å². The molecule has 0 aliphatic heterocycles. The summed E-state index contributed by atoms with van der Waals surface area (Å²) in [5.41, 5.74) is 3.07. The van der Waals surface area contributed by atoms with Gasteiger partial charge in [-0.05, 0) is 48.0 Å². The highest BCUT2D eigenvalue weighted by atomic mass is 16.5. The Labute approximate surface area is 191 Å². The van der Waals surface area contributed by atoms with Crippen LogP contribution in [-0.4, -0.2) is 41.5 Å². The monoisotopic (exact) mass is 448 g/mol. The van der Waals surface area contributed by atoms with E-state index in [0.717, 1.165) is 16.9 Å². The van der Waals surface area contributed by atoms with Gasteiger partial charge >= 0.3 is 5.97 Å². The molecule has 0 radical (unpaired) electrons. The lowest BCUT2D eigenvalue weighted by molar-refractivity contribution is 0.0602. The number of methoxy groups -OCH3 is 5. The molecule has 0 unspecified atom stereocenters. The minimum atomic E-state index is -0.503. The molecule has 0 saturated heterocycles. The summed E-state index contributed by atoms with van der Waals surface area (Å²) in [5, 5.41) is 0.601. The topological polar surface area (TPSA) is 76.4 Å². The van der Waals surface area contributed by atoms with Crippen molar-refractivity contribution in [2.45, 2.75) is 0 Å². The maximum Gasteiger partial charge on any atom is 0.338 e. The first-order chi connectivity index (χ1) is 16.0.